The average Bonchev–Trinajstić information content (AvgIpc) is 2.94. The van der Waals surface area contributed by atoms with Gasteiger partial charge >= 0.3 is 0 Å². The van der Waals surface area contributed by atoms with E-state index < -0.39 is 0 Å². The molecular formula is C24H28O. The van der Waals surface area contributed by atoms with E-state index in [2.05, 4.69) is 77.1 Å². The summed E-state index contributed by atoms with van der Waals surface area (Å²) in [6.07, 6.45) is 4.81. The van der Waals surface area contributed by atoms with Crippen LogP contribution in [0.15, 0.2) is 36.4 Å². The number of hydrogen-bond donors (Lipinski definition) is 0. The zero-order chi connectivity index (χ0) is 17.8. The molecule has 0 aromatic heterocycles. The molecule has 1 nitrogen and oxygen atoms in total. The lowest BCUT2D eigenvalue weighted by molar-refractivity contribution is 0.332. The van der Waals surface area contributed by atoms with E-state index in [1.54, 1.807) is 0 Å². The van der Waals surface area contributed by atoms with Gasteiger partial charge in [0, 0.05) is 11.1 Å². The first-order valence-corrected chi connectivity index (χ1v) is 9.36. The van der Waals surface area contributed by atoms with Crippen molar-refractivity contribution in [2.75, 3.05) is 6.61 Å². The van der Waals surface area contributed by atoms with Gasteiger partial charge in [-0.15, -0.1) is 0 Å². The lowest BCUT2D eigenvalue weighted by atomic mass is 9.63. The molecule has 0 atom stereocenters. The molecule has 2 aromatic rings. The van der Waals surface area contributed by atoms with Crippen LogP contribution < -0.4 is 4.74 Å². The maximum atomic E-state index is 5.88. The van der Waals surface area contributed by atoms with Crippen molar-refractivity contribution in [1.82, 2.24) is 0 Å². The number of hydrogen-bond acceptors (Lipinski definition) is 1. The molecule has 0 unspecified atom stereocenters. The highest BCUT2D eigenvalue weighted by molar-refractivity contribution is 5.87. The van der Waals surface area contributed by atoms with E-state index in [9.17, 15) is 0 Å². The summed E-state index contributed by atoms with van der Waals surface area (Å²) >= 11 is 0. The molecule has 0 saturated carbocycles. The zero-order valence-electron chi connectivity index (χ0n) is 16.1. The van der Waals surface area contributed by atoms with E-state index in [0.717, 1.165) is 5.75 Å². The molecule has 0 radical (unpaired) electrons. The SMILES string of the molecule is Cc1ccc2c(c1)OC/C2=C\c1ccc2c(c1)C(C)(C)CCC2(C)C. The zero-order valence-corrected chi connectivity index (χ0v) is 16.1. The van der Waals surface area contributed by atoms with Crippen LogP contribution in [0.2, 0.25) is 0 Å². The Bertz CT molecular complexity index is 868. The van der Waals surface area contributed by atoms with E-state index in [1.165, 1.54) is 46.2 Å². The average molecular weight is 332 g/mol. The Labute approximate surface area is 151 Å². The standard InChI is InChI=1S/C24H28O/c1-16-6-8-19-18(15-25-22(19)12-16)13-17-7-9-20-21(14-17)24(4,5)11-10-23(20,2)3/h6-9,12-14H,10-11,15H2,1-5H3/b18-13+. The molecule has 0 saturated heterocycles. The van der Waals surface area contributed by atoms with Gasteiger partial charge in [0.1, 0.15) is 12.4 Å². The maximum Gasteiger partial charge on any atom is 0.127 e. The summed E-state index contributed by atoms with van der Waals surface area (Å²) in [4.78, 5) is 0. The van der Waals surface area contributed by atoms with Gasteiger partial charge in [0.2, 0.25) is 0 Å². The summed E-state index contributed by atoms with van der Waals surface area (Å²) < 4.78 is 5.88. The van der Waals surface area contributed by atoms with Crippen LogP contribution in [0.1, 0.15) is 68.4 Å². The summed E-state index contributed by atoms with van der Waals surface area (Å²) in [5.41, 5.74) is 8.61. The molecule has 0 fully saturated rings. The maximum absolute atomic E-state index is 5.88. The second kappa shape index (κ2) is 5.49. The topological polar surface area (TPSA) is 9.23 Å². The molecule has 25 heavy (non-hydrogen) atoms. The number of benzene rings is 2. The second-order valence-corrected chi connectivity index (χ2v) is 9.03. The fourth-order valence-electron chi connectivity index (χ4n) is 4.26. The summed E-state index contributed by atoms with van der Waals surface area (Å²) in [5.74, 6) is 1.02. The Morgan fingerprint density at radius 3 is 2.36 bits per heavy atom. The minimum Gasteiger partial charge on any atom is -0.488 e. The number of rotatable bonds is 1. The molecule has 0 bridgehead atoms. The van der Waals surface area contributed by atoms with Crippen LogP contribution in [-0.4, -0.2) is 6.61 Å². The van der Waals surface area contributed by atoms with Gasteiger partial charge in [-0.3, -0.25) is 0 Å². The van der Waals surface area contributed by atoms with Gasteiger partial charge in [-0.25, -0.2) is 0 Å². The Morgan fingerprint density at radius 1 is 0.880 bits per heavy atom. The van der Waals surface area contributed by atoms with Crippen molar-refractivity contribution < 1.29 is 4.74 Å². The number of fused-ring (bicyclic) bond motifs is 2. The highest BCUT2D eigenvalue weighted by Gasteiger charge is 2.36. The minimum absolute atomic E-state index is 0.251. The van der Waals surface area contributed by atoms with Crippen molar-refractivity contribution >= 4 is 11.6 Å². The van der Waals surface area contributed by atoms with Crippen LogP contribution in [0, 0.1) is 6.92 Å². The first-order chi connectivity index (χ1) is 11.8. The van der Waals surface area contributed by atoms with Crippen molar-refractivity contribution in [2.24, 2.45) is 0 Å². The monoisotopic (exact) mass is 332 g/mol. The molecule has 1 aliphatic carbocycles. The highest BCUT2D eigenvalue weighted by Crippen LogP contribution is 2.46. The van der Waals surface area contributed by atoms with Crippen LogP contribution in [0.25, 0.3) is 11.6 Å². The van der Waals surface area contributed by atoms with Gasteiger partial charge in [-0.05, 0) is 65.0 Å². The molecule has 1 heterocycles. The lowest BCUT2D eigenvalue weighted by Gasteiger charge is -2.42. The van der Waals surface area contributed by atoms with Gasteiger partial charge < -0.3 is 4.74 Å². The summed E-state index contributed by atoms with van der Waals surface area (Å²) in [6.45, 7) is 12.3. The van der Waals surface area contributed by atoms with Crippen LogP contribution in [0.3, 0.4) is 0 Å². The summed E-state index contributed by atoms with van der Waals surface area (Å²) in [7, 11) is 0. The summed E-state index contributed by atoms with van der Waals surface area (Å²) in [6, 6.07) is 13.5. The molecule has 130 valence electrons. The minimum atomic E-state index is 0.251. The molecular weight excluding hydrogens is 304 g/mol. The lowest BCUT2D eigenvalue weighted by Crippen LogP contribution is -2.33. The van der Waals surface area contributed by atoms with Crippen molar-refractivity contribution in [2.45, 2.75) is 58.3 Å². The molecule has 2 aromatic carbocycles. The molecule has 0 N–H and O–H groups in total. The van der Waals surface area contributed by atoms with Gasteiger partial charge in [0.15, 0.2) is 0 Å². The Morgan fingerprint density at radius 2 is 1.60 bits per heavy atom. The quantitative estimate of drug-likeness (QED) is 0.597. The largest absolute Gasteiger partial charge is 0.488 e. The third-order valence-electron chi connectivity index (χ3n) is 6.08. The predicted molar refractivity (Wildman–Crippen MR) is 106 cm³/mol. The third-order valence-corrected chi connectivity index (χ3v) is 6.08. The summed E-state index contributed by atoms with van der Waals surface area (Å²) in [5, 5.41) is 0. The van der Waals surface area contributed by atoms with E-state index in [4.69, 9.17) is 4.74 Å². The fraction of sp³-hybridized carbons (Fsp3) is 0.417. The van der Waals surface area contributed by atoms with E-state index in [-0.39, 0.29) is 10.8 Å². The van der Waals surface area contributed by atoms with Crippen LogP contribution in [0.5, 0.6) is 5.75 Å². The van der Waals surface area contributed by atoms with Gasteiger partial charge in [0.25, 0.3) is 0 Å². The van der Waals surface area contributed by atoms with Gasteiger partial charge in [-0.1, -0.05) is 58.0 Å². The predicted octanol–water partition coefficient (Wildman–Crippen LogP) is 6.28. The van der Waals surface area contributed by atoms with E-state index >= 15 is 0 Å². The second-order valence-electron chi connectivity index (χ2n) is 9.03. The first kappa shape index (κ1) is 16.4. The first-order valence-electron chi connectivity index (χ1n) is 9.36. The Kier molecular flexibility index (Phi) is 3.61. The Hall–Kier alpha value is -2.02. The number of ether oxygens (including phenoxy) is 1. The molecule has 4 rings (SSSR count). The van der Waals surface area contributed by atoms with Crippen molar-refractivity contribution in [3.05, 3.63) is 64.2 Å². The van der Waals surface area contributed by atoms with E-state index in [1.807, 2.05) is 0 Å². The van der Waals surface area contributed by atoms with Crippen LogP contribution in [0.4, 0.5) is 0 Å². The molecule has 2 aliphatic rings. The van der Waals surface area contributed by atoms with Crippen molar-refractivity contribution in [3.63, 3.8) is 0 Å². The Balaban J connectivity index is 1.77. The fourth-order valence-corrected chi connectivity index (χ4v) is 4.26. The third kappa shape index (κ3) is 2.80. The molecule has 1 heteroatoms. The van der Waals surface area contributed by atoms with E-state index in [0.29, 0.717) is 6.61 Å². The van der Waals surface area contributed by atoms with Crippen LogP contribution in [-0.2, 0) is 10.8 Å². The number of aryl methyl sites for hydroxylation is 1. The molecule has 0 spiro atoms. The molecule has 1 aliphatic heterocycles. The van der Waals surface area contributed by atoms with Gasteiger partial charge in [0.05, 0.1) is 0 Å². The highest BCUT2D eigenvalue weighted by atomic mass is 16.5. The molecule has 0 amide bonds. The van der Waals surface area contributed by atoms with Crippen molar-refractivity contribution in [1.29, 1.82) is 0 Å². The normalized spacial score (nSPS) is 21.6. The smallest absolute Gasteiger partial charge is 0.127 e. The van der Waals surface area contributed by atoms with Crippen LogP contribution >= 0.6 is 0 Å². The van der Waals surface area contributed by atoms with Gasteiger partial charge in [-0.2, -0.15) is 0 Å². The van der Waals surface area contributed by atoms with Crippen molar-refractivity contribution in [3.8, 4) is 5.75 Å².